The molecular formula is C19H17FN2O2. The van der Waals surface area contributed by atoms with E-state index in [9.17, 15) is 9.18 Å². The molecule has 1 N–H and O–H groups in total. The number of ether oxygens (including phenoxy) is 1. The smallest absolute Gasteiger partial charge is 0.391 e. The molecule has 1 aliphatic rings. The van der Waals surface area contributed by atoms with Crippen molar-refractivity contribution in [3.05, 3.63) is 59.5 Å². The summed E-state index contributed by atoms with van der Waals surface area (Å²) in [7, 11) is 0. The minimum atomic E-state index is -0.493. The Kier molecular flexibility index (Phi) is 5.07. The van der Waals surface area contributed by atoms with Crippen LogP contribution in [-0.4, -0.2) is 17.6 Å². The third-order valence-electron chi connectivity index (χ3n) is 3.87. The van der Waals surface area contributed by atoms with E-state index in [-0.39, 0.29) is 11.7 Å². The Hall–Kier alpha value is -2.87. The Bertz CT molecular complexity index is 774. The molecule has 0 saturated heterocycles. The van der Waals surface area contributed by atoms with E-state index in [1.54, 1.807) is 24.3 Å². The van der Waals surface area contributed by atoms with Crippen LogP contribution in [0, 0.1) is 23.6 Å². The lowest BCUT2D eigenvalue weighted by Crippen LogP contribution is -2.34. The van der Waals surface area contributed by atoms with Gasteiger partial charge in [0.2, 0.25) is 5.88 Å². The Morgan fingerprint density at radius 3 is 2.75 bits per heavy atom. The maximum Gasteiger partial charge on any atom is 0.413 e. The van der Waals surface area contributed by atoms with Gasteiger partial charge >= 0.3 is 6.09 Å². The van der Waals surface area contributed by atoms with Gasteiger partial charge in [0.1, 0.15) is 5.82 Å². The standard InChI is InChI=1S/C19H17FN2O2/c20-17-6-2-3-14(11-17)7-8-16-9-10-18(21-12-16)24-19(23)22-13-15-4-1-5-15/h2-3,6,9-12,15H,1,4-5,13H2,(H,22,23). The summed E-state index contributed by atoms with van der Waals surface area (Å²) in [5, 5.41) is 2.73. The van der Waals surface area contributed by atoms with E-state index in [0.717, 1.165) is 12.8 Å². The van der Waals surface area contributed by atoms with Gasteiger partial charge in [-0.1, -0.05) is 24.3 Å². The van der Waals surface area contributed by atoms with Crippen LogP contribution in [0.2, 0.25) is 0 Å². The highest BCUT2D eigenvalue weighted by Crippen LogP contribution is 2.25. The Morgan fingerprint density at radius 2 is 2.08 bits per heavy atom. The number of aromatic nitrogens is 1. The number of benzene rings is 1. The molecule has 0 spiro atoms. The molecule has 1 aromatic heterocycles. The van der Waals surface area contributed by atoms with Gasteiger partial charge in [-0.15, -0.1) is 0 Å². The van der Waals surface area contributed by atoms with Gasteiger partial charge in [0, 0.05) is 29.9 Å². The van der Waals surface area contributed by atoms with E-state index >= 15 is 0 Å². The third kappa shape index (κ3) is 4.56. The van der Waals surface area contributed by atoms with E-state index in [4.69, 9.17) is 4.74 Å². The van der Waals surface area contributed by atoms with Gasteiger partial charge in [-0.25, -0.2) is 14.2 Å². The van der Waals surface area contributed by atoms with Gasteiger partial charge in [0.25, 0.3) is 0 Å². The SMILES string of the molecule is O=C(NCC1CCC1)Oc1ccc(C#Cc2cccc(F)c2)cn1. The Balaban J connectivity index is 1.54. The molecule has 0 unspecified atom stereocenters. The summed E-state index contributed by atoms with van der Waals surface area (Å²) in [4.78, 5) is 15.7. The van der Waals surface area contributed by atoms with Gasteiger partial charge in [-0.3, -0.25) is 0 Å². The first-order valence-electron chi connectivity index (χ1n) is 7.88. The molecule has 4 nitrogen and oxygen atoms in total. The minimum absolute atomic E-state index is 0.220. The molecule has 24 heavy (non-hydrogen) atoms. The zero-order valence-corrected chi connectivity index (χ0v) is 13.1. The third-order valence-corrected chi connectivity index (χ3v) is 3.87. The van der Waals surface area contributed by atoms with Crippen LogP contribution >= 0.6 is 0 Å². The monoisotopic (exact) mass is 324 g/mol. The number of amides is 1. The molecular weight excluding hydrogens is 307 g/mol. The molecule has 3 rings (SSSR count). The number of pyridine rings is 1. The maximum absolute atomic E-state index is 13.1. The van der Waals surface area contributed by atoms with Crippen LogP contribution in [-0.2, 0) is 0 Å². The second-order valence-corrected chi connectivity index (χ2v) is 5.71. The number of nitrogens with one attached hydrogen (secondary N) is 1. The second-order valence-electron chi connectivity index (χ2n) is 5.71. The van der Waals surface area contributed by atoms with Crippen LogP contribution in [0.5, 0.6) is 5.88 Å². The molecule has 122 valence electrons. The van der Waals surface area contributed by atoms with Crippen LogP contribution in [0.1, 0.15) is 30.4 Å². The number of carbonyl (C=O) groups excluding carboxylic acids is 1. The zero-order chi connectivity index (χ0) is 16.8. The molecule has 2 aromatic rings. The Morgan fingerprint density at radius 1 is 1.25 bits per heavy atom. The molecule has 1 saturated carbocycles. The number of carbonyl (C=O) groups is 1. The van der Waals surface area contributed by atoms with Crippen molar-refractivity contribution in [2.24, 2.45) is 5.92 Å². The van der Waals surface area contributed by atoms with Crippen molar-refractivity contribution in [2.45, 2.75) is 19.3 Å². The Labute approximate surface area is 140 Å². The molecule has 1 fully saturated rings. The average molecular weight is 324 g/mol. The van der Waals surface area contributed by atoms with Crippen LogP contribution in [0.15, 0.2) is 42.6 Å². The van der Waals surface area contributed by atoms with E-state index in [1.807, 2.05) is 0 Å². The van der Waals surface area contributed by atoms with Crippen LogP contribution in [0.3, 0.4) is 0 Å². The summed E-state index contributed by atoms with van der Waals surface area (Å²) in [5.74, 6) is 6.22. The van der Waals surface area contributed by atoms with Gasteiger partial charge < -0.3 is 10.1 Å². The van der Waals surface area contributed by atoms with Crippen molar-refractivity contribution in [1.82, 2.24) is 10.3 Å². The predicted molar refractivity (Wildman–Crippen MR) is 88.0 cm³/mol. The van der Waals surface area contributed by atoms with Gasteiger partial charge in [0.15, 0.2) is 0 Å². The molecule has 0 atom stereocenters. The lowest BCUT2D eigenvalue weighted by atomic mass is 9.85. The number of hydrogen-bond acceptors (Lipinski definition) is 3. The van der Waals surface area contributed by atoms with E-state index < -0.39 is 6.09 Å². The van der Waals surface area contributed by atoms with E-state index in [0.29, 0.717) is 23.6 Å². The van der Waals surface area contributed by atoms with Crippen molar-refractivity contribution >= 4 is 6.09 Å². The summed E-state index contributed by atoms with van der Waals surface area (Å²) in [6, 6.07) is 9.36. The summed E-state index contributed by atoms with van der Waals surface area (Å²) >= 11 is 0. The van der Waals surface area contributed by atoms with Crippen LogP contribution in [0.25, 0.3) is 0 Å². The van der Waals surface area contributed by atoms with Gasteiger partial charge in [0.05, 0.1) is 0 Å². The first kappa shape index (κ1) is 16.0. The fraction of sp³-hybridized carbons (Fsp3) is 0.263. The lowest BCUT2D eigenvalue weighted by molar-refractivity contribution is 0.192. The van der Waals surface area contributed by atoms with Crippen molar-refractivity contribution in [3.8, 4) is 17.7 Å². The molecule has 1 aromatic carbocycles. The van der Waals surface area contributed by atoms with Crippen molar-refractivity contribution < 1.29 is 13.9 Å². The first-order chi connectivity index (χ1) is 11.7. The zero-order valence-electron chi connectivity index (χ0n) is 13.1. The highest BCUT2D eigenvalue weighted by Gasteiger charge is 2.18. The number of halogens is 1. The summed E-state index contributed by atoms with van der Waals surface area (Å²) in [6.45, 7) is 0.649. The lowest BCUT2D eigenvalue weighted by Gasteiger charge is -2.24. The molecule has 1 aliphatic carbocycles. The van der Waals surface area contributed by atoms with E-state index in [2.05, 4.69) is 22.1 Å². The quantitative estimate of drug-likeness (QED) is 0.879. The van der Waals surface area contributed by atoms with Crippen LogP contribution < -0.4 is 10.1 Å². The van der Waals surface area contributed by atoms with E-state index in [1.165, 1.54) is 24.8 Å². The maximum atomic E-state index is 13.1. The second kappa shape index (κ2) is 7.60. The molecule has 5 heteroatoms. The van der Waals surface area contributed by atoms with Gasteiger partial charge in [-0.2, -0.15) is 0 Å². The van der Waals surface area contributed by atoms with Crippen molar-refractivity contribution in [1.29, 1.82) is 0 Å². The molecule has 0 radical (unpaired) electrons. The highest BCUT2D eigenvalue weighted by atomic mass is 19.1. The predicted octanol–water partition coefficient (Wildman–Crippen LogP) is 3.51. The molecule has 0 aliphatic heterocycles. The number of nitrogens with zero attached hydrogens (tertiary/aromatic N) is 1. The van der Waals surface area contributed by atoms with Crippen LogP contribution in [0.4, 0.5) is 9.18 Å². The highest BCUT2D eigenvalue weighted by molar-refractivity contribution is 5.69. The summed E-state index contributed by atoms with van der Waals surface area (Å²) in [5.41, 5.74) is 1.24. The van der Waals surface area contributed by atoms with Gasteiger partial charge in [-0.05, 0) is 43.0 Å². The molecule has 1 heterocycles. The summed E-state index contributed by atoms with van der Waals surface area (Å²) < 4.78 is 18.2. The molecule has 1 amide bonds. The van der Waals surface area contributed by atoms with Crippen molar-refractivity contribution in [2.75, 3.05) is 6.54 Å². The number of rotatable bonds is 3. The largest absolute Gasteiger partial charge is 0.413 e. The molecule has 0 bridgehead atoms. The minimum Gasteiger partial charge on any atom is -0.391 e. The first-order valence-corrected chi connectivity index (χ1v) is 7.88. The average Bonchev–Trinajstić information content (AvgIpc) is 2.53. The fourth-order valence-electron chi connectivity index (χ4n) is 2.28. The van der Waals surface area contributed by atoms with Crippen molar-refractivity contribution in [3.63, 3.8) is 0 Å². The topological polar surface area (TPSA) is 51.2 Å². The number of hydrogen-bond donors (Lipinski definition) is 1. The normalized spacial score (nSPS) is 13.4. The summed E-state index contributed by atoms with van der Waals surface area (Å²) in [6.07, 6.45) is 4.59. The fourth-order valence-corrected chi connectivity index (χ4v) is 2.28.